The molecule has 2 fully saturated rings. The molecule has 0 aromatic carbocycles. The molecule has 2 rings (SSSR count). The van der Waals surface area contributed by atoms with Gasteiger partial charge in [-0.1, -0.05) is 0 Å². The summed E-state index contributed by atoms with van der Waals surface area (Å²) in [7, 11) is 0. The lowest BCUT2D eigenvalue weighted by molar-refractivity contribution is 0.0124. The largest absolute Gasteiger partial charge is 0.313 e. The molecule has 0 atom stereocenters. The molecule has 2 nitrogen and oxygen atoms in total. The number of hydrogen-bond acceptors (Lipinski definition) is 2. The molecular formula is C9H16F2N2. The fourth-order valence-electron chi connectivity index (χ4n) is 1.71. The number of hydrogen-bond donors (Lipinski definition) is 1. The zero-order valence-electron chi connectivity index (χ0n) is 7.73. The number of nitrogens with one attached hydrogen (secondary N) is 1. The van der Waals surface area contributed by atoms with E-state index in [1.165, 1.54) is 12.8 Å². The van der Waals surface area contributed by atoms with Crippen LogP contribution in [0.3, 0.4) is 0 Å². The highest BCUT2D eigenvalue weighted by Gasteiger charge is 2.37. The van der Waals surface area contributed by atoms with E-state index in [1.54, 1.807) is 0 Å². The summed E-state index contributed by atoms with van der Waals surface area (Å²) in [6.45, 7) is 2.14. The van der Waals surface area contributed by atoms with Gasteiger partial charge in [-0.15, -0.1) is 0 Å². The van der Waals surface area contributed by atoms with E-state index in [9.17, 15) is 8.78 Å². The van der Waals surface area contributed by atoms with Gasteiger partial charge in [0.25, 0.3) is 5.92 Å². The fraction of sp³-hybridized carbons (Fsp3) is 1.00. The van der Waals surface area contributed by atoms with Crippen molar-refractivity contribution in [2.24, 2.45) is 0 Å². The van der Waals surface area contributed by atoms with Gasteiger partial charge in [0, 0.05) is 32.1 Å². The molecule has 1 saturated heterocycles. The Hall–Kier alpha value is -0.220. The number of alkyl halides is 2. The molecule has 0 radical (unpaired) electrons. The fourth-order valence-corrected chi connectivity index (χ4v) is 1.71. The SMILES string of the molecule is FC1(F)CCN(CCNC2CC2)C1. The Kier molecular flexibility index (Phi) is 2.51. The van der Waals surface area contributed by atoms with Gasteiger partial charge in [0.1, 0.15) is 0 Å². The molecule has 0 amide bonds. The molecule has 4 heteroatoms. The average molecular weight is 190 g/mol. The van der Waals surface area contributed by atoms with E-state index >= 15 is 0 Å². The highest BCUT2D eigenvalue weighted by Crippen LogP contribution is 2.26. The zero-order valence-corrected chi connectivity index (χ0v) is 7.73. The van der Waals surface area contributed by atoms with E-state index in [0.29, 0.717) is 12.6 Å². The van der Waals surface area contributed by atoms with Crippen molar-refractivity contribution < 1.29 is 8.78 Å². The van der Waals surface area contributed by atoms with Crippen LogP contribution in [0, 0.1) is 0 Å². The Bertz CT molecular complexity index is 180. The quantitative estimate of drug-likeness (QED) is 0.713. The van der Waals surface area contributed by atoms with Crippen molar-refractivity contribution in [3.63, 3.8) is 0 Å². The average Bonchev–Trinajstić information content (AvgIpc) is 2.78. The van der Waals surface area contributed by atoms with Crippen LogP contribution in [-0.4, -0.2) is 43.0 Å². The normalized spacial score (nSPS) is 28.2. The van der Waals surface area contributed by atoms with Gasteiger partial charge in [0.15, 0.2) is 0 Å². The van der Waals surface area contributed by atoms with Gasteiger partial charge in [-0.25, -0.2) is 8.78 Å². The van der Waals surface area contributed by atoms with Gasteiger partial charge in [0.05, 0.1) is 6.54 Å². The van der Waals surface area contributed by atoms with E-state index < -0.39 is 5.92 Å². The van der Waals surface area contributed by atoms with Crippen molar-refractivity contribution in [1.29, 1.82) is 0 Å². The molecule has 1 aliphatic carbocycles. The summed E-state index contributed by atoms with van der Waals surface area (Å²) in [5.74, 6) is -2.43. The second-order valence-electron chi connectivity index (χ2n) is 4.11. The summed E-state index contributed by atoms with van der Waals surface area (Å²) in [6.07, 6.45) is 2.56. The topological polar surface area (TPSA) is 15.3 Å². The van der Waals surface area contributed by atoms with Gasteiger partial charge in [-0.2, -0.15) is 0 Å². The molecule has 0 unspecified atom stereocenters. The monoisotopic (exact) mass is 190 g/mol. The highest BCUT2D eigenvalue weighted by atomic mass is 19.3. The maximum Gasteiger partial charge on any atom is 0.261 e. The van der Waals surface area contributed by atoms with E-state index in [2.05, 4.69) is 5.32 Å². The summed E-state index contributed by atoms with van der Waals surface area (Å²) in [5.41, 5.74) is 0. The lowest BCUT2D eigenvalue weighted by atomic mass is 10.3. The molecular weight excluding hydrogens is 174 g/mol. The van der Waals surface area contributed by atoms with Crippen molar-refractivity contribution in [3.05, 3.63) is 0 Å². The van der Waals surface area contributed by atoms with Crippen LogP contribution in [0.1, 0.15) is 19.3 Å². The third-order valence-electron chi connectivity index (χ3n) is 2.69. The van der Waals surface area contributed by atoms with Crippen LogP contribution in [0.4, 0.5) is 8.78 Å². The zero-order chi connectivity index (χ0) is 9.31. The molecule has 13 heavy (non-hydrogen) atoms. The minimum atomic E-state index is -2.43. The molecule has 0 aromatic rings. The Morgan fingerprint density at radius 2 is 2.15 bits per heavy atom. The Labute approximate surface area is 77.3 Å². The van der Waals surface area contributed by atoms with Crippen molar-refractivity contribution in [1.82, 2.24) is 10.2 Å². The van der Waals surface area contributed by atoms with Gasteiger partial charge >= 0.3 is 0 Å². The van der Waals surface area contributed by atoms with Crippen LogP contribution in [0.25, 0.3) is 0 Å². The van der Waals surface area contributed by atoms with Gasteiger partial charge in [0.2, 0.25) is 0 Å². The van der Waals surface area contributed by atoms with Gasteiger partial charge < -0.3 is 5.32 Å². The van der Waals surface area contributed by atoms with Crippen molar-refractivity contribution >= 4 is 0 Å². The third kappa shape index (κ3) is 2.88. The third-order valence-corrected chi connectivity index (χ3v) is 2.69. The van der Waals surface area contributed by atoms with Gasteiger partial charge in [-0.3, -0.25) is 4.90 Å². The first-order valence-corrected chi connectivity index (χ1v) is 4.99. The molecule has 0 bridgehead atoms. The number of likely N-dealkylation sites (tertiary alicyclic amines) is 1. The number of nitrogens with zero attached hydrogens (tertiary/aromatic N) is 1. The van der Waals surface area contributed by atoms with Crippen LogP contribution in [0.15, 0.2) is 0 Å². The molecule has 1 saturated carbocycles. The molecule has 1 heterocycles. The summed E-state index contributed by atoms with van der Waals surface area (Å²) in [6, 6.07) is 0.683. The predicted octanol–water partition coefficient (Wildman–Crippen LogP) is 1.08. The van der Waals surface area contributed by atoms with Crippen LogP contribution in [0.5, 0.6) is 0 Å². The van der Waals surface area contributed by atoms with Crippen molar-refractivity contribution in [2.45, 2.75) is 31.2 Å². The summed E-state index contributed by atoms with van der Waals surface area (Å²) in [5, 5.41) is 3.32. The first-order valence-electron chi connectivity index (χ1n) is 4.99. The van der Waals surface area contributed by atoms with E-state index in [0.717, 1.165) is 13.1 Å². The second-order valence-corrected chi connectivity index (χ2v) is 4.11. The maximum absolute atomic E-state index is 12.7. The molecule has 1 N–H and O–H groups in total. The Balaban J connectivity index is 1.59. The Morgan fingerprint density at radius 1 is 1.38 bits per heavy atom. The predicted molar refractivity (Wildman–Crippen MR) is 47.0 cm³/mol. The van der Waals surface area contributed by atoms with Crippen LogP contribution < -0.4 is 5.32 Å². The highest BCUT2D eigenvalue weighted by molar-refractivity contribution is 4.84. The molecule has 76 valence electrons. The maximum atomic E-state index is 12.7. The van der Waals surface area contributed by atoms with Gasteiger partial charge in [-0.05, 0) is 12.8 Å². The van der Waals surface area contributed by atoms with Crippen molar-refractivity contribution in [3.8, 4) is 0 Å². The van der Waals surface area contributed by atoms with Crippen LogP contribution >= 0.6 is 0 Å². The second kappa shape index (κ2) is 3.50. The molecule has 0 spiro atoms. The van der Waals surface area contributed by atoms with Crippen molar-refractivity contribution in [2.75, 3.05) is 26.2 Å². The van der Waals surface area contributed by atoms with E-state index in [-0.39, 0.29) is 13.0 Å². The molecule has 2 aliphatic rings. The van der Waals surface area contributed by atoms with Crippen LogP contribution in [0.2, 0.25) is 0 Å². The number of halogens is 2. The van der Waals surface area contributed by atoms with E-state index in [4.69, 9.17) is 0 Å². The smallest absolute Gasteiger partial charge is 0.261 e. The minimum absolute atomic E-state index is 0.0381. The lowest BCUT2D eigenvalue weighted by Gasteiger charge is -2.15. The standard InChI is InChI=1S/C9H16F2N2/c10-9(11)3-5-13(7-9)6-4-12-8-1-2-8/h8,12H,1-7H2. The molecule has 0 aromatic heterocycles. The summed E-state index contributed by atoms with van der Waals surface area (Å²) in [4.78, 5) is 1.84. The number of rotatable bonds is 4. The lowest BCUT2D eigenvalue weighted by Crippen LogP contribution is -2.33. The minimum Gasteiger partial charge on any atom is -0.313 e. The molecule has 1 aliphatic heterocycles. The first kappa shape index (κ1) is 9.34. The summed E-state index contributed by atoms with van der Waals surface area (Å²) < 4.78 is 25.5. The van der Waals surface area contributed by atoms with E-state index in [1.807, 2.05) is 4.90 Å². The summed E-state index contributed by atoms with van der Waals surface area (Å²) >= 11 is 0. The Morgan fingerprint density at radius 3 is 2.69 bits per heavy atom. The first-order chi connectivity index (χ1) is 6.16. The van der Waals surface area contributed by atoms with Crippen LogP contribution in [-0.2, 0) is 0 Å².